The monoisotopic (exact) mass is 222 g/mol. The summed E-state index contributed by atoms with van der Waals surface area (Å²) in [6.45, 7) is 0. The van der Waals surface area contributed by atoms with Gasteiger partial charge in [-0.3, -0.25) is 5.01 Å². The van der Waals surface area contributed by atoms with Crippen molar-refractivity contribution >= 4 is 22.6 Å². The van der Waals surface area contributed by atoms with Gasteiger partial charge in [0.1, 0.15) is 0 Å². The van der Waals surface area contributed by atoms with Gasteiger partial charge < -0.3 is 5.43 Å². The maximum atomic E-state index is 3.01. The molecule has 0 aromatic rings. The van der Waals surface area contributed by atoms with Crippen molar-refractivity contribution in [1.29, 1.82) is 0 Å². The quantitative estimate of drug-likeness (QED) is 0.489. The molecule has 0 radical (unpaired) electrons. The van der Waals surface area contributed by atoms with Gasteiger partial charge in [0.25, 0.3) is 0 Å². The Balaban J connectivity index is 2.66. The van der Waals surface area contributed by atoms with Gasteiger partial charge in [-0.25, -0.2) is 0 Å². The van der Waals surface area contributed by atoms with Crippen LogP contribution in [0.3, 0.4) is 0 Å². The summed E-state index contributed by atoms with van der Waals surface area (Å²) in [4.78, 5) is 0. The third-order valence-corrected chi connectivity index (χ3v) is 2.00. The molecule has 0 aromatic heterocycles. The van der Waals surface area contributed by atoms with E-state index in [9.17, 15) is 0 Å². The third kappa shape index (κ3) is 1.15. The number of nitrogens with zero attached hydrogens (tertiary/aromatic N) is 1. The molecule has 1 rings (SSSR count). The molecule has 0 aromatic carbocycles. The van der Waals surface area contributed by atoms with Crippen LogP contribution >= 0.6 is 22.6 Å². The van der Waals surface area contributed by atoms with Gasteiger partial charge in [-0.15, -0.1) is 0 Å². The zero-order chi connectivity index (χ0) is 5.98. The van der Waals surface area contributed by atoms with Crippen molar-refractivity contribution in [2.75, 3.05) is 7.05 Å². The van der Waals surface area contributed by atoms with E-state index in [2.05, 4.69) is 28.0 Å². The first kappa shape index (κ1) is 5.94. The Bertz CT molecular complexity index is 139. The molecule has 3 heteroatoms. The summed E-state index contributed by atoms with van der Waals surface area (Å²) < 4.78 is 1.20. The van der Waals surface area contributed by atoms with Gasteiger partial charge in [0, 0.05) is 13.2 Å². The molecule has 2 nitrogen and oxygen atoms in total. The fourth-order valence-corrected chi connectivity index (χ4v) is 0.803. The summed E-state index contributed by atoms with van der Waals surface area (Å²) in [6, 6.07) is 0. The van der Waals surface area contributed by atoms with Crippen molar-refractivity contribution in [3.05, 3.63) is 22.1 Å². The molecule has 0 atom stereocenters. The van der Waals surface area contributed by atoms with Crippen LogP contribution in [-0.2, 0) is 0 Å². The molecule has 1 N–H and O–H groups in total. The lowest BCUT2D eigenvalue weighted by molar-refractivity contribution is 0.377. The van der Waals surface area contributed by atoms with Crippen molar-refractivity contribution in [2.45, 2.75) is 0 Å². The van der Waals surface area contributed by atoms with E-state index in [0.29, 0.717) is 0 Å². The highest BCUT2D eigenvalue weighted by molar-refractivity contribution is 14.1. The molecule has 1 aliphatic rings. The Morgan fingerprint density at radius 3 is 2.88 bits per heavy atom. The van der Waals surface area contributed by atoms with Crippen molar-refractivity contribution < 1.29 is 0 Å². The minimum absolute atomic E-state index is 1.20. The topological polar surface area (TPSA) is 15.3 Å². The molecule has 0 amide bonds. The molecule has 0 saturated heterocycles. The molecule has 8 heavy (non-hydrogen) atoms. The molecule has 1 heterocycles. The average molecular weight is 222 g/mol. The van der Waals surface area contributed by atoms with Crippen LogP contribution in [0.1, 0.15) is 0 Å². The molecular weight excluding hydrogens is 215 g/mol. The standard InChI is InChI=1S/C5H7IN2/c1-8-5(6)3-2-4-7-8/h2-4,7H,1H3. The van der Waals surface area contributed by atoms with Crippen molar-refractivity contribution in [3.63, 3.8) is 0 Å². The lowest BCUT2D eigenvalue weighted by atomic mass is 10.5. The summed E-state index contributed by atoms with van der Waals surface area (Å²) >= 11 is 2.26. The van der Waals surface area contributed by atoms with Gasteiger partial charge in [0.15, 0.2) is 0 Å². The Morgan fingerprint density at radius 2 is 2.50 bits per heavy atom. The zero-order valence-electron chi connectivity index (χ0n) is 4.56. The number of hydrogen-bond acceptors (Lipinski definition) is 2. The predicted molar refractivity (Wildman–Crippen MR) is 42.1 cm³/mol. The van der Waals surface area contributed by atoms with Crippen LogP contribution < -0.4 is 5.43 Å². The Morgan fingerprint density at radius 1 is 1.75 bits per heavy atom. The molecule has 0 aliphatic carbocycles. The number of hydrogen-bond donors (Lipinski definition) is 1. The summed E-state index contributed by atoms with van der Waals surface area (Å²) in [5.74, 6) is 0. The second-order valence-corrected chi connectivity index (χ2v) is 2.64. The summed E-state index contributed by atoms with van der Waals surface area (Å²) in [5.41, 5.74) is 3.01. The van der Waals surface area contributed by atoms with Crippen LogP contribution in [0.25, 0.3) is 0 Å². The average Bonchev–Trinajstić information content (AvgIpc) is 1.77. The van der Waals surface area contributed by atoms with E-state index < -0.39 is 0 Å². The van der Waals surface area contributed by atoms with E-state index in [4.69, 9.17) is 0 Å². The maximum Gasteiger partial charge on any atom is 0.0948 e. The summed E-state index contributed by atoms with van der Waals surface area (Å²) in [5, 5.41) is 1.94. The molecule has 0 saturated carbocycles. The van der Waals surface area contributed by atoms with Crippen LogP contribution in [0.4, 0.5) is 0 Å². The predicted octanol–water partition coefficient (Wildman–Crippen LogP) is 1.23. The Kier molecular flexibility index (Phi) is 1.77. The highest BCUT2D eigenvalue weighted by atomic mass is 127. The van der Waals surface area contributed by atoms with Crippen LogP contribution in [0.5, 0.6) is 0 Å². The number of allylic oxidation sites excluding steroid dienone is 2. The molecule has 0 fully saturated rings. The lowest BCUT2D eigenvalue weighted by Gasteiger charge is -2.19. The van der Waals surface area contributed by atoms with Crippen LogP contribution in [0.2, 0.25) is 0 Å². The fourth-order valence-electron chi connectivity index (χ4n) is 0.456. The normalized spacial score (nSPS) is 17.8. The lowest BCUT2D eigenvalue weighted by Crippen LogP contribution is -2.28. The van der Waals surface area contributed by atoms with Crippen molar-refractivity contribution in [3.8, 4) is 0 Å². The third-order valence-electron chi connectivity index (χ3n) is 0.919. The van der Waals surface area contributed by atoms with Crippen LogP contribution in [0.15, 0.2) is 22.1 Å². The molecular formula is C5H7IN2. The molecule has 44 valence electrons. The van der Waals surface area contributed by atoms with E-state index in [-0.39, 0.29) is 0 Å². The van der Waals surface area contributed by atoms with Crippen LogP contribution in [-0.4, -0.2) is 12.1 Å². The van der Waals surface area contributed by atoms with E-state index in [0.717, 1.165) is 0 Å². The first-order chi connectivity index (χ1) is 3.80. The SMILES string of the molecule is CN1NC=CC=C1I. The number of nitrogens with one attached hydrogen (secondary N) is 1. The first-order valence-electron chi connectivity index (χ1n) is 2.33. The van der Waals surface area contributed by atoms with E-state index in [1.54, 1.807) is 0 Å². The van der Waals surface area contributed by atoms with Crippen molar-refractivity contribution in [2.24, 2.45) is 0 Å². The molecule has 1 aliphatic heterocycles. The minimum atomic E-state index is 1.20. The highest BCUT2D eigenvalue weighted by Crippen LogP contribution is 2.10. The van der Waals surface area contributed by atoms with Gasteiger partial charge in [-0.2, -0.15) is 0 Å². The Labute approximate surface area is 62.4 Å². The van der Waals surface area contributed by atoms with Gasteiger partial charge in [-0.05, 0) is 34.7 Å². The molecule has 0 spiro atoms. The van der Waals surface area contributed by atoms with Crippen LogP contribution in [0, 0.1) is 0 Å². The van der Waals surface area contributed by atoms with Gasteiger partial charge in [-0.1, -0.05) is 0 Å². The maximum absolute atomic E-state index is 3.01. The number of halogens is 1. The summed E-state index contributed by atoms with van der Waals surface area (Å²) in [6.07, 6.45) is 5.90. The summed E-state index contributed by atoms with van der Waals surface area (Å²) in [7, 11) is 1.97. The minimum Gasteiger partial charge on any atom is -0.306 e. The number of hydrazine groups is 1. The smallest absolute Gasteiger partial charge is 0.0948 e. The van der Waals surface area contributed by atoms with Gasteiger partial charge in [0.2, 0.25) is 0 Å². The second-order valence-electron chi connectivity index (χ2n) is 1.54. The Hall–Kier alpha value is -0.190. The van der Waals surface area contributed by atoms with Gasteiger partial charge in [0.05, 0.1) is 3.70 Å². The molecule has 0 bridgehead atoms. The molecule has 0 unspecified atom stereocenters. The van der Waals surface area contributed by atoms with E-state index in [1.165, 1.54) is 3.70 Å². The highest BCUT2D eigenvalue weighted by Gasteiger charge is 1.97. The largest absolute Gasteiger partial charge is 0.306 e. The zero-order valence-corrected chi connectivity index (χ0v) is 6.71. The van der Waals surface area contributed by atoms with E-state index in [1.807, 2.05) is 30.4 Å². The van der Waals surface area contributed by atoms with Crippen molar-refractivity contribution in [1.82, 2.24) is 10.4 Å². The number of rotatable bonds is 0. The fraction of sp³-hybridized carbons (Fsp3) is 0.200. The van der Waals surface area contributed by atoms with E-state index >= 15 is 0 Å². The van der Waals surface area contributed by atoms with Gasteiger partial charge >= 0.3 is 0 Å². The second kappa shape index (κ2) is 2.39. The first-order valence-corrected chi connectivity index (χ1v) is 3.41.